The first-order valence-electron chi connectivity index (χ1n) is 6.35. The second-order valence-corrected chi connectivity index (χ2v) is 5.42. The molecule has 5 nitrogen and oxygen atoms in total. The molecule has 1 aromatic rings. The summed E-state index contributed by atoms with van der Waals surface area (Å²) in [5.41, 5.74) is 1.97. The Labute approximate surface area is 115 Å². The number of fused-ring (bicyclic) bond motifs is 1. The highest BCUT2D eigenvalue weighted by Gasteiger charge is 2.19. The van der Waals surface area contributed by atoms with Crippen LogP contribution in [-0.2, 0) is 22.4 Å². The van der Waals surface area contributed by atoms with Gasteiger partial charge >= 0.3 is 5.97 Å². The van der Waals surface area contributed by atoms with Gasteiger partial charge in [0.2, 0.25) is 0 Å². The molecular formula is C13H17NO4S. The summed E-state index contributed by atoms with van der Waals surface area (Å²) < 4.78 is 4.86. The highest BCUT2D eigenvalue weighted by Crippen LogP contribution is 2.29. The maximum absolute atomic E-state index is 12.0. The molecule has 0 fully saturated rings. The van der Waals surface area contributed by atoms with Crippen LogP contribution in [-0.4, -0.2) is 36.7 Å². The fraction of sp³-hybridized carbons (Fsp3) is 0.538. The number of rotatable bonds is 6. The average molecular weight is 283 g/mol. The molecule has 6 heteroatoms. The number of aryl methyl sites for hydroxylation is 1. The lowest BCUT2D eigenvalue weighted by molar-refractivity contribution is -0.142. The van der Waals surface area contributed by atoms with Gasteiger partial charge in [-0.15, -0.1) is 11.3 Å². The highest BCUT2D eigenvalue weighted by atomic mass is 32.1. The van der Waals surface area contributed by atoms with E-state index in [1.165, 1.54) is 16.9 Å². The van der Waals surface area contributed by atoms with Crippen molar-refractivity contribution in [1.82, 2.24) is 5.32 Å². The zero-order valence-corrected chi connectivity index (χ0v) is 11.4. The number of carbonyl (C=O) groups excluding carboxylic acids is 1. The van der Waals surface area contributed by atoms with Crippen LogP contribution in [0.2, 0.25) is 0 Å². The number of carboxylic acid groups (broad SMARTS) is 1. The number of thiophene rings is 1. The molecule has 2 N–H and O–H groups in total. The third-order valence-corrected chi connectivity index (χ3v) is 4.15. The molecule has 2 rings (SSSR count). The number of ether oxygens (including phenoxy) is 1. The molecule has 0 saturated heterocycles. The van der Waals surface area contributed by atoms with Crippen LogP contribution in [0.1, 0.15) is 33.6 Å². The summed E-state index contributed by atoms with van der Waals surface area (Å²) in [4.78, 5) is 23.6. The van der Waals surface area contributed by atoms with E-state index in [2.05, 4.69) is 5.32 Å². The van der Waals surface area contributed by atoms with Gasteiger partial charge in [-0.2, -0.15) is 0 Å². The number of amides is 1. The Bertz CT molecular complexity index is 469. The van der Waals surface area contributed by atoms with E-state index in [-0.39, 0.29) is 19.1 Å². The molecule has 0 spiro atoms. The van der Waals surface area contributed by atoms with E-state index in [9.17, 15) is 9.59 Å². The fourth-order valence-corrected chi connectivity index (χ4v) is 3.30. The van der Waals surface area contributed by atoms with Gasteiger partial charge in [0, 0.05) is 16.8 Å². The van der Waals surface area contributed by atoms with Crippen molar-refractivity contribution in [2.24, 2.45) is 0 Å². The molecule has 0 bridgehead atoms. The molecule has 1 aromatic heterocycles. The Morgan fingerprint density at radius 2 is 2.16 bits per heavy atom. The minimum absolute atomic E-state index is 0.0849. The van der Waals surface area contributed by atoms with Gasteiger partial charge in [0.1, 0.15) is 6.61 Å². The van der Waals surface area contributed by atoms with Crippen LogP contribution in [0.25, 0.3) is 0 Å². The number of nitrogens with one attached hydrogen (secondary N) is 1. The summed E-state index contributed by atoms with van der Waals surface area (Å²) in [7, 11) is 0. The van der Waals surface area contributed by atoms with Crippen LogP contribution in [0.15, 0.2) is 5.38 Å². The largest absolute Gasteiger partial charge is 0.480 e. The third-order valence-electron chi connectivity index (χ3n) is 3.06. The van der Waals surface area contributed by atoms with E-state index in [0.29, 0.717) is 6.54 Å². The molecule has 0 aromatic carbocycles. The van der Waals surface area contributed by atoms with E-state index in [0.717, 1.165) is 24.8 Å². The molecule has 19 heavy (non-hydrogen) atoms. The standard InChI is InChI=1S/C13H17NO4S/c15-12(16)7-18-6-5-14-13(17)10-8-19-11-4-2-1-3-9(10)11/h8H,1-7H2,(H,14,17)(H,15,16). The van der Waals surface area contributed by atoms with Gasteiger partial charge in [-0.05, 0) is 31.2 Å². The summed E-state index contributed by atoms with van der Waals surface area (Å²) in [6, 6.07) is 0. The van der Waals surface area contributed by atoms with Crippen LogP contribution in [0.4, 0.5) is 0 Å². The number of aliphatic carboxylic acids is 1. The molecule has 104 valence electrons. The van der Waals surface area contributed by atoms with Gasteiger partial charge < -0.3 is 15.2 Å². The summed E-state index contributed by atoms with van der Waals surface area (Å²) in [6.07, 6.45) is 4.41. The van der Waals surface area contributed by atoms with Crippen molar-refractivity contribution in [2.75, 3.05) is 19.8 Å². The van der Waals surface area contributed by atoms with E-state index in [4.69, 9.17) is 9.84 Å². The lowest BCUT2D eigenvalue weighted by Gasteiger charge is -2.12. The monoisotopic (exact) mass is 283 g/mol. The van der Waals surface area contributed by atoms with Crippen LogP contribution in [0.5, 0.6) is 0 Å². The van der Waals surface area contributed by atoms with E-state index in [1.807, 2.05) is 5.38 Å². The number of carbonyl (C=O) groups is 2. The van der Waals surface area contributed by atoms with Gasteiger partial charge in [0.05, 0.1) is 12.2 Å². The van der Waals surface area contributed by atoms with Gasteiger partial charge in [-0.25, -0.2) is 4.79 Å². The predicted molar refractivity (Wildman–Crippen MR) is 71.7 cm³/mol. The third kappa shape index (κ3) is 3.78. The molecule has 0 unspecified atom stereocenters. The van der Waals surface area contributed by atoms with Crippen molar-refractivity contribution in [3.63, 3.8) is 0 Å². The predicted octanol–water partition coefficient (Wildman–Crippen LogP) is 1.46. The maximum Gasteiger partial charge on any atom is 0.329 e. The molecule has 0 radical (unpaired) electrons. The maximum atomic E-state index is 12.0. The zero-order valence-electron chi connectivity index (χ0n) is 10.6. The van der Waals surface area contributed by atoms with Crippen molar-refractivity contribution < 1.29 is 19.4 Å². The Morgan fingerprint density at radius 1 is 1.37 bits per heavy atom. The molecule has 1 heterocycles. The zero-order chi connectivity index (χ0) is 13.7. The van der Waals surface area contributed by atoms with Crippen molar-refractivity contribution in [3.05, 3.63) is 21.4 Å². The Balaban J connectivity index is 1.80. The quantitative estimate of drug-likeness (QED) is 0.775. The van der Waals surface area contributed by atoms with Crippen LogP contribution < -0.4 is 5.32 Å². The number of hydrogen-bond acceptors (Lipinski definition) is 4. The average Bonchev–Trinajstić information content (AvgIpc) is 2.81. The summed E-state index contributed by atoms with van der Waals surface area (Å²) in [6.45, 7) is 0.213. The van der Waals surface area contributed by atoms with E-state index >= 15 is 0 Å². The molecule has 0 aliphatic heterocycles. The molecular weight excluding hydrogens is 266 g/mol. The first-order chi connectivity index (χ1) is 9.18. The normalized spacial score (nSPS) is 13.9. The first-order valence-corrected chi connectivity index (χ1v) is 7.23. The number of hydrogen-bond donors (Lipinski definition) is 2. The summed E-state index contributed by atoms with van der Waals surface area (Å²) in [5, 5.41) is 13.1. The Kier molecular flexibility index (Phi) is 4.93. The second kappa shape index (κ2) is 6.68. The topological polar surface area (TPSA) is 75.6 Å². The lowest BCUT2D eigenvalue weighted by atomic mass is 9.96. The smallest absolute Gasteiger partial charge is 0.329 e. The summed E-state index contributed by atoms with van der Waals surface area (Å²) >= 11 is 1.66. The molecule has 1 aliphatic rings. The Hall–Kier alpha value is -1.40. The van der Waals surface area contributed by atoms with Crippen LogP contribution in [0, 0.1) is 0 Å². The molecule has 0 saturated carbocycles. The SMILES string of the molecule is O=C(O)COCCNC(=O)c1csc2c1CCCC2. The van der Waals surface area contributed by atoms with Crippen molar-refractivity contribution in [1.29, 1.82) is 0 Å². The number of carboxylic acids is 1. The Morgan fingerprint density at radius 3 is 2.95 bits per heavy atom. The summed E-state index contributed by atoms with van der Waals surface area (Å²) in [5.74, 6) is -1.09. The van der Waals surface area contributed by atoms with Crippen LogP contribution in [0.3, 0.4) is 0 Å². The minimum Gasteiger partial charge on any atom is -0.480 e. The van der Waals surface area contributed by atoms with Gasteiger partial charge in [0.15, 0.2) is 0 Å². The fourth-order valence-electron chi connectivity index (χ4n) is 2.18. The minimum atomic E-state index is -1.00. The van der Waals surface area contributed by atoms with Gasteiger partial charge in [-0.3, -0.25) is 4.79 Å². The van der Waals surface area contributed by atoms with Crippen LogP contribution >= 0.6 is 11.3 Å². The molecule has 1 amide bonds. The highest BCUT2D eigenvalue weighted by molar-refractivity contribution is 7.10. The van der Waals surface area contributed by atoms with E-state index in [1.54, 1.807) is 11.3 Å². The molecule has 1 aliphatic carbocycles. The second-order valence-electron chi connectivity index (χ2n) is 4.46. The van der Waals surface area contributed by atoms with Crippen molar-refractivity contribution in [2.45, 2.75) is 25.7 Å². The van der Waals surface area contributed by atoms with E-state index < -0.39 is 5.97 Å². The lowest BCUT2D eigenvalue weighted by Crippen LogP contribution is -2.28. The van der Waals surface area contributed by atoms with Crippen molar-refractivity contribution in [3.8, 4) is 0 Å². The van der Waals surface area contributed by atoms with Gasteiger partial charge in [-0.1, -0.05) is 0 Å². The van der Waals surface area contributed by atoms with Gasteiger partial charge in [0.25, 0.3) is 5.91 Å². The molecule has 0 atom stereocenters. The first kappa shape index (κ1) is 14.0. The van der Waals surface area contributed by atoms with Crippen molar-refractivity contribution >= 4 is 23.2 Å².